The van der Waals surface area contributed by atoms with Gasteiger partial charge in [0.05, 0.1) is 6.54 Å². The second-order valence-corrected chi connectivity index (χ2v) is 5.70. The normalized spacial score (nSPS) is 12.5. The average molecular weight is 327 g/mol. The fourth-order valence-corrected chi connectivity index (χ4v) is 2.42. The fraction of sp³-hybridized carbons (Fsp3) is 0.222. The molecule has 0 aliphatic carbocycles. The van der Waals surface area contributed by atoms with Crippen molar-refractivity contribution in [1.82, 2.24) is 15.0 Å². The molecule has 2 aromatic carbocycles. The molecule has 6 heteroatoms. The summed E-state index contributed by atoms with van der Waals surface area (Å²) >= 11 is 0. The van der Waals surface area contributed by atoms with E-state index in [9.17, 15) is 9.50 Å². The second kappa shape index (κ2) is 6.80. The standard InChI is InChI=1S/C18H18FN3O2/c1-12(14-4-3-5-16(23)10-14)22(2)11-17-20-18(21-24-17)13-6-8-15(19)9-7-13/h3-10,12,23H,11H2,1-2H3. The molecule has 0 saturated carbocycles. The Hall–Kier alpha value is -2.73. The van der Waals surface area contributed by atoms with Crippen LogP contribution in [-0.2, 0) is 6.54 Å². The Balaban J connectivity index is 1.71. The van der Waals surface area contributed by atoms with E-state index in [4.69, 9.17) is 4.52 Å². The number of halogens is 1. The molecule has 1 atom stereocenters. The molecular weight excluding hydrogens is 309 g/mol. The largest absolute Gasteiger partial charge is 0.508 e. The SMILES string of the molecule is CC(c1cccc(O)c1)N(C)Cc1nc(-c2ccc(F)cc2)no1. The molecule has 0 aliphatic rings. The zero-order valence-corrected chi connectivity index (χ0v) is 13.5. The number of nitrogens with zero attached hydrogens (tertiary/aromatic N) is 3. The lowest BCUT2D eigenvalue weighted by Crippen LogP contribution is -2.22. The van der Waals surface area contributed by atoms with Gasteiger partial charge in [0.25, 0.3) is 0 Å². The van der Waals surface area contributed by atoms with Crippen LogP contribution in [0, 0.1) is 5.82 Å². The highest BCUT2D eigenvalue weighted by molar-refractivity contribution is 5.53. The summed E-state index contributed by atoms with van der Waals surface area (Å²) in [5, 5.41) is 13.5. The highest BCUT2D eigenvalue weighted by atomic mass is 19.1. The molecule has 1 N–H and O–H groups in total. The molecule has 24 heavy (non-hydrogen) atoms. The summed E-state index contributed by atoms with van der Waals surface area (Å²) < 4.78 is 18.3. The van der Waals surface area contributed by atoms with Crippen LogP contribution in [0.15, 0.2) is 53.1 Å². The number of hydrogen-bond donors (Lipinski definition) is 1. The minimum absolute atomic E-state index is 0.0678. The Kier molecular flexibility index (Phi) is 4.57. The Morgan fingerprint density at radius 3 is 2.67 bits per heavy atom. The Morgan fingerprint density at radius 1 is 1.21 bits per heavy atom. The maximum Gasteiger partial charge on any atom is 0.241 e. The van der Waals surface area contributed by atoms with Crippen molar-refractivity contribution in [3.05, 3.63) is 65.8 Å². The molecule has 0 radical (unpaired) electrons. The van der Waals surface area contributed by atoms with Crippen molar-refractivity contribution in [2.75, 3.05) is 7.05 Å². The van der Waals surface area contributed by atoms with Crippen LogP contribution in [0.4, 0.5) is 4.39 Å². The van der Waals surface area contributed by atoms with Crippen LogP contribution in [0.3, 0.4) is 0 Å². The van der Waals surface area contributed by atoms with E-state index < -0.39 is 0 Å². The number of rotatable bonds is 5. The highest BCUT2D eigenvalue weighted by Gasteiger charge is 2.16. The molecule has 5 nitrogen and oxygen atoms in total. The summed E-state index contributed by atoms with van der Waals surface area (Å²) in [6, 6.07) is 13.2. The van der Waals surface area contributed by atoms with Crippen molar-refractivity contribution in [3.8, 4) is 17.1 Å². The van der Waals surface area contributed by atoms with Gasteiger partial charge in [-0.3, -0.25) is 4.90 Å². The van der Waals surface area contributed by atoms with Gasteiger partial charge in [-0.05, 0) is 55.9 Å². The number of aromatic hydroxyl groups is 1. The van der Waals surface area contributed by atoms with Gasteiger partial charge in [0.1, 0.15) is 11.6 Å². The van der Waals surface area contributed by atoms with Crippen molar-refractivity contribution in [1.29, 1.82) is 0 Å². The number of aromatic nitrogens is 2. The molecule has 124 valence electrons. The van der Waals surface area contributed by atoms with Gasteiger partial charge in [-0.25, -0.2) is 4.39 Å². The topological polar surface area (TPSA) is 62.4 Å². The molecule has 1 unspecified atom stereocenters. The van der Waals surface area contributed by atoms with Crippen LogP contribution < -0.4 is 0 Å². The van der Waals surface area contributed by atoms with Crippen molar-refractivity contribution in [2.24, 2.45) is 0 Å². The first-order valence-corrected chi connectivity index (χ1v) is 7.60. The van der Waals surface area contributed by atoms with E-state index in [0.717, 1.165) is 5.56 Å². The van der Waals surface area contributed by atoms with E-state index in [1.807, 2.05) is 31.0 Å². The Morgan fingerprint density at radius 2 is 1.96 bits per heavy atom. The van der Waals surface area contributed by atoms with Crippen LogP contribution >= 0.6 is 0 Å². The van der Waals surface area contributed by atoms with Gasteiger partial charge >= 0.3 is 0 Å². The zero-order chi connectivity index (χ0) is 17.1. The second-order valence-electron chi connectivity index (χ2n) is 5.70. The van der Waals surface area contributed by atoms with Crippen LogP contribution in [0.25, 0.3) is 11.4 Å². The first kappa shape index (κ1) is 16.1. The molecular formula is C18H18FN3O2. The van der Waals surface area contributed by atoms with Crippen molar-refractivity contribution in [3.63, 3.8) is 0 Å². The molecule has 0 spiro atoms. The molecule has 0 saturated heterocycles. The van der Waals surface area contributed by atoms with Crippen LogP contribution in [0.5, 0.6) is 5.75 Å². The van der Waals surface area contributed by atoms with E-state index in [0.29, 0.717) is 23.8 Å². The van der Waals surface area contributed by atoms with Crippen LogP contribution in [0.2, 0.25) is 0 Å². The molecule has 0 bridgehead atoms. The Labute approximate surface area is 139 Å². The molecule has 1 aromatic heterocycles. The van der Waals surface area contributed by atoms with Crippen molar-refractivity contribution >= 4 is 0 Å². The van der Waals surface area contributed by atoms with E-state index in [1.54, 1.807) is 24.3 Å². The van der Waals surface area contributed by atoms with Gasteiger partial charge in [-0.2, -0.15) is 4.98 Å². The summed E-state index contributed by atoms with van der Waals surface area (Å²) in [5.41, 5.74) is 1.70. The zero-order valence-electron chi connectivity index (χ0n) is 13.5. The first-order chi connectivity index (χ1) is 11.5. The molecule has 3 aromatic rings. The summed E-state index contributed by atoms with van der Waals surface area (Å²) in [4.78, 5) is 6.39. The van der Waals surface area contributed by atoms with Gasteiger partial charge in [0, 0.05) is 11.6 Å². The monoisotopic (exact) mass is 327 g/mol. The lowest BCUT2D eigenvalue weighted by molar-refractivity contribution is 0.216. The van der Waals surface area contributed by atoms with Gasteiger partial charge in [0.2, 0.25) is 11.7 Å². The molecule has 0 aliphatic heterocycles. The predicted octanol–water partition coefficient (Wildman–Crippen LogP) is 3.77. The van der Waals surface area contributed by atoms with E-state index in [2.05, 4.69) is 10.1 Å². The van der Waals surface area contributed by atoms with Crippen molar-refractivity contribution in [2.45, 2.75) is 19.5 Å². The predicted molar refractivity (Wildman–Crippen MR) is 87.7 cm³/mol. The lowest BCUT2D eigenvalue weighted by Gasteiger charge is -2.23. The molecule has 0 amide bonds. The van der Waals surface area contributed by atoms with Gasteiger partial charge in [0.15, 0.2) is 0 Å². The van der Waals surface area contributed by atoms with Crippen LogP contribution in [-0.4, -0.2) is 27.2 Å². The molecule has 3 rings (SSSR count). The maximum atomic E-state index is 13.0. The lowest BCUT2D eigenvalue weighted by atomic mass is 10.1. The highest BCUT2D eigenvalue weighted by Crippen LogP contribution is 2.24. The first-order valence-electron chi connectivity index (χ1n) is 7.60. The minimum atomic E-state index is -0.304. The smallest absolute Gasteiger partial charge is 0.241 e. The number of phenols is 1. The summed E-state index contributed by atoms with van der Waals surface area (Å²) in [5.74, 6) is 0.846. The third kappa shape index (κ3) is 3.60. The molecule has 0 fully saturated rings. The number of hydrogen-bond acceptors (Lipinski definition) is 5. The van der Waals surface area contributed by atoms with E-state index in [-0.39, 0.29) is 17.6 Å². The maximum absolute atomic E-state index is 13.0. The third-order valence-electron chi connectivity index (χ3n) is 3.97. The molecule has 1 heterocycles. The number of benzene rings is 2. The van der Waals surface area contributed by atoms with Gasteiger partial charge < -0.3 is 9.63 Å². The van der Waals surface area contributed by atoms with E-state index in [1.165, 1.54) is 12.1 Å². The number of phenolic OH excluding ortho intramolecular Hbond substituents is 1. The van der Waals surface area contributed by atoms with Crippen molar-refractivity contribution < 1.29 is 14.0 Å². The Bertz CT molecular complexity index is 817. The average Bonchev–Trinajstić information content (AvgIpc) is 3.03. The third-order valence-corrected chi connectivity index (χ3v) is 3.97. The summed E-state index contributed by atoms with van der Waals surface area (Å²) in [7, 11) is 1.94. The summed E-state index contributed by atoms with van der Waals surface area (Å²) in [6.45, 7) is 2.50. The quantitative estimate of drug-likeness (QED) is 0.773. The van der Waals surface area contributed by atoms with Crippen LogP contribution in [0.1, 0.15) is 24.4 Å². The summed E-state index contributed by atoms with van der Waals surface area (Å²) in [6.07, 6.45) is 0. The van der Waals surface area contributed by atoms with Gasteiger partial charge in [-0.15, -0.1) is 0 Å². The van der Waals surface area contributed by atoms with E-state index >= 15 is 0 Å². The van der Waals surface area contributed by atoms with Gasteiger partial charge in [-0.1, -0.05) is 17.3 Å². The minimum Gasteiger partial charge on any atom is -0.508 e. The fourth-order valence-electron chi connectivity index (χ4n) is 2.42.